The number of pyridine rings is 1. The molecule has 0 bridgehead atoms. The molecule has 4 aromatic rings. The first-order valence-corrected chi connectivity index (χ1v) is 20.6. The Hall–Kier alpha value is -3.81. The van der Waals surface area contributed by atoms with Crippen LogP contribution in [-0.4, -0.2) is 77.5 Å². The fourth-order valence-electron chi connectivity index (χ4n) is 9.37. The number of halogens is 2. The quantitative estimate of drug-likeness (QED) is 0.146. The molecule has 10 heteroatoms. The Morgan fingerprint density at radius 1 is 1.00 bits per heavy atom. The van der Waals surface area contributed by atoms with Crippen LogP contribution in [0.1, 0.15) is 79.2 Å². The standard InChI is InChI=1S/C40H49F2N5O2Si/c1-25(2)50(26(3)4,27(5)6)17-12-31-34(42)11-10-28-18-30(48)19-32(37(28)31)35-20-36-33(38(44-35)46-14-7-8-15-46)22-43-39(45-36)49-24-40-13-9-16-47(40)23-29(41)21-40/h10-11,18-20,22,25-27,29,48H,7-9,13-16,21,23-24H2,1-6H3/t29-,40+/m1/s1. The van der Waals surface area contributed by atoms with E-state index in [-0.39, 0.29) is 17.3 Å². The SMILES string of the molecule is CC(C)[Si](C#Cc1c(F)ccc2cc(O)cc(-c3cc4nc(OC[C@@]56CCCN5C[C@H](F)C6)ncc4c(N4CCCC4)n3)c12)(C(C)C)C(C)C. The maximum Gasteiger partial charge on any atom is 0.316 e. The van der Waals surface area contributed by atoms with E-state index in [1.54, 1.807) is 24.4 Å². The number of aromatic hydroxyl groups is 1. The molecule has 0 aliphatic carbocycles. The molecule has 3 aliphatic heterocycles. The predicted molar refractivity (Wildman–Crippen MR) is 200 cm³/mol. The maximum absolute atomic E-state index is 16.0. The van der Waals surface area contributed by atoms with Gasteiger partial charge in [-0.3, -0.25) is 4.90 Å². The molecule has 7 rings (SSSR count). The fourth-order valence-corrected chi connectivity index (χ4v) is 14.6. The van der Waals surface area contributed by atoms with Gasteiger partial charge in [0, 0.05) is 43.2 Å². The van der Waals surface area contributed by atoms with Gasteiger partial charge in [0.05, 0.1) is 27.7 Å². The highest BCUT2D eigenvalue weighted by molar-refractivity contribution is 6.90. The lowest BCUT2D eigenvalue weighted by Gasteiger charge is -2.38. The molecule has 2 aromatic carbocycles. The number of alkyl halides is 1. The minimum absolute atomic E-state index is 0.0627. The second-order valence-corrected chi connectivity index (χ2v) is 21.2. The molecule has 0 saturated carbocycles. The van der Waals surface area contributed by atoms with Gasteiger partial charge in [-0.25, -0.2) is 18.7 Å². The van der Waals surface area contributed by atoms with E-state index in [0.29, 0.717) is 69.3 Å². The van der Waals surface area contributed by atoms with Crippen LogP contribution in [0.25, 0.3) is 32.9 Å². The summed E-state index contributed by atoms with van der Waals surface area (Å²) in [5.74, 6) is 3.82. The largest absolute Gasteiger partial charge is 0.508 e. The maximum atomic E-state index is 16.0. The van der Waals surface area contributed by atoms with Crippen molar-refractivity contribution in [3.8, 4) is 34.5 Å². The molecule has 1 N–H and O–H groups in total. The van der Waals surface area contributed by atoms with Crippen LogP contribution in [0, 0.1) is 17.3 Å². The zero-order chi connectivity index (χ0) is 35.4. The first kappa shape index (κ1) is 34.6. The Morgan fingerprint density at radius 3 is 2.46 bits per heavy atom. The molecule has 3 fully saturated rings. The molecule has 0 amide bonds. The minimum Gasteiger partial charge on any atom is -0.508 e. The van der Waals surface area contributed by atoms with E-state index in [4.69, 9.17) is 14.7 Å². The normalized spacial score (nSPS) is 21.2. The van der Waals surface area contributed by atoms with Gasteiger partial charge in [-0.2, -0.15) is 4.98 Å². The fraction of sp³-hybridized carbons (Fsp3) is 0.525. The lowest BCUT2D eigenvalue weighted by atomic mass is 9.95. The molecule has 3 aliphatic rings. The number of aromatic nitrogens is 3. The Balaban J connectivity index is 1.38. The number of hydrogen-bond donors (Lipinski definition) is 1. The summed E-state index contributed by atoms with van der Waals surface area (Å²) < 4.78 is 36.7. The van der Waals surface area contributed by atoms with Crippen LogP contribution in [0.4, 0.5) is 14.6 Å². The van der Waals surface area contributed by atoms with Crippen molar-refractivity contribution in [2.75, 3.05) is 37.7 Å². The first-order chi connectivity index (χ1) is 23.9. The summed E-state index contributed by atoms with van der Waals surface area (Å²) in [5, 5.41) is 13.1. The van der Waals surface area contributed by atoms with Gasteiger partial charge in [-0.1, -0.05) is 53.5 Å². The zero-order valence-corrected chi connectivity index (χ0v) is 31.2. The van der Waals surface area contributed by atoms with E-state index in [2.05, 4.69) is 67.8 Å². The number of anilines is 1. The summed E-state index contributed by atoms with van der Waals surface area (Å²) in [5.41, 5.74) is 6.70. The molecule has 0 radical (unpaired) electrons. The minimum atomic E-state index is -2.18. The van der Waals surface area contributed by atoms with Crippen molar-refractivity contribution in [1.82, 2.24) is 19.9 Å². The van der Waals surface area contributed by atoms with Gasteiger partial charge < -0.3 is 14.7 Å². The van der Waals surface area contributed by atoms with Crippen LogP contribution in [0.2, 0.25) is 16.6 Å². The summed E-state index contributed by atoms with van der Waals surface area (Å²) in [6.45, 7) is 16.9. The molecular formula is C40H49F2N5O2Si. The third kappa shape index (κ3) is 6.00. The van der Waals surface area contributed by atoms with E-state index >= 15 is 4.39 Å². The number of fused-ring (bicyclic) bond motifs is 3. The van der Waals surface area contributed by atoms with Gasteiger partial charge in [-0.15, -0.1) is 5.54 Å². The zero-order valence-electron chi connectivity index (χ0n) is 30.2. The van der Waals surface area contributed by atoms with Gasteiger partial charge in [-0.05, 0) is 78.5 Å². The van der Waals surface area contributed by atoms with Crippen molar-refractivity contribution < 1.29 is 18.6 Å². The van der Waals surface area contributed by atoms with Crippen molar-refractivity contribution >= 4 is 35.6 Å². The Morgan fingerprint density at radius 2 is 1.74 bits per heavy atom. The monoisotopic (exact) mass is 697 g/mol. The average Bonchev–Trinajstić information content (AvgIpc) is 3.80. The smallest absolute Gasteiger partial charge is 0.316 e. The second-order valence-electron chi connectivity index (χ2n) is 15.6. The average molecular weight is 698 g/mol. The van der Waals surface area contributed by atoms with Crippen molar-refractivity contribution in [2.45, 2.75) is 102 Å². The van der Waals surface area contributed by atoms with Gasteiger partial charge in [0.15, 0.2) is 0 Å². The molecule has 0 unspecified atom stereocenters. The number of ether oxygens (including phenoxy) is 1. The van der Waals surface area contributed by atoms with Crippen molar-refractivity contribution in [2.24, 2.45) is 0 Å². The van der Waals surface area contributed by atoms with Crippen molar-refractivity contribution in [1.29, 1.82) is 0 Å². The summed E-state index contributed by atoms with van der Waals surface area (Å²) in [6.07, 6.45) is 5.43. The molecule has 264 valence electrons. The van der Waals surface area contributed by atoms with Gasteiger partial charge >= 0.3 is 6.01 Å². The van der Waals surface area contributed by atoms with Crippen molar-refractivity contribution in [3.05, 3.63) is 47.9 Å². The molecule has 50 heavy (non-hydrogen) atoms. The number of benzene rings is 2. The summed E-state index contributed by atoms with van der Waals surface area (Å²) in [6, 6.07) is 8.58. The topological polar surface area (TPSA) is 74.6 Å². The first-order valence-electron chi connectivity index (χ1n) is 18.4. The highest BCUT2D eigenvalue weighted by Crippen LogP contribution is 2.43. The third-order valence-electron chi connectivity index (χ3n) is 11.8. The predicted octanol–water partition coefficient (Wildman–Crippen LogP) is 8.81. The summed E-state index contributed by atoms with van der Waals surface area (Å²) in [7, 11) is -2.18. The Bertz CT molecular complexity index is 1960. The second kappa shape index (κ2) is 13.4. The Labute approximate surface area is 295 Å². The van der Waals surface area contributed by atoms with Gasteiger partial charge in [0.1, 0.15) is 38.2 Å². The lowest BCUT2D eigenvalue weighted by Crippen LogP contribution is -2.43. The molecule has 2 aromatic heterocycles. The van der Waals surface area contributed by atoms with Gasteiger partial charge in [0.25, 0.3) is 0 Å². The number of phenols is 1. The lowest BCUT2D eigenvalue weighted by molar-refractivity contribution is 0.107. The molecule has 5 heterocycles. The third-order valence-corrected chi connectivity index (χ3v) is 18.1. The van der Waals surface area contributed by atoms with Crippen LogP contribution in [0.3, 0.4) is 0 Å². The number of nitrogens with zero attached hydrogens (tertiary/aromatic N) is 5. The summed E-state index contributed by atoms with van der Waals surface area (Å²) in [4.78, 5) is 19.1. The van der Waals surface area contributed by atoms with Crippen molar-refractivity contribution in [3.63, 3.8) is 0 Å². The Kier molecular flexibility index (Phi) is 9.27. The van der Waals surface area contributed by atoms with E-state index in [1.165, 1.54) is 6.07 Å². The van der Waals surface area contributed by atoms with Crippen LogP contribution < -0.4 is 9.64 Å². The number of hydrogen-bond acceptors (Lipinski definition) is 7. The molecular weight excluding hydrogens is 649 g/mol. The number of rotatable bonds is 8. The van der Waals surface area contributed by atoms with Gasteiger partial charge in [0.2, 0.25) is 0 Å². The van der Waals surface area contributed by atoms with Crippen LogP contribution >= 0.6 is 0 Å². The molecule has 7 nitrogen and oxygen atoms in total. The van der Waals surface area contributed by atoms with E-state index < -0.39 is 20.1 Å². The molecule has 0 spiro atoms. The van der Waals surface area contributed by atoms with E-state index in [1.807, 2.05) is 6.07 Å². The summed E-state index contributed by atoms with van der Waals surface area (Å²) >= 11 is 0. The highest BCUT2D eigenvalue weighted by Gasteiger charge is 2.49. The molecule has 3 saturated heterocycles. The van der Waals surface area contributed by atoms with Crippen LogP contribution in [-0.2, 0) is 0 Å². The van der Waals surface area contributed by atoms with E-state index in [9.17, 15) is 9.50 Å². The van der Waals surface area contributed by atoms with Crippen LogP contribution in [0.15, 0.2) is 36.5 Å². The number of phenolic OH excluding ortho intramolecular Hbond substituents is 1. The van der Waals surface area contributed by atoms with Crippen LogP contribution in [0.5, 0.6) is 11.8 Å². The van der Waals surface area contributed by atoms with E-state index in [0.717, 1.165) is 56.5 Å². The molecule has 2 atom stereocenters. The highest BCUT2D eigenvalue weighted by atomic mass is 28.3.